The minimum Gasteiger partial charge on any atom is -0.490 e. The van der Waals surface area contributed by atoms with E-state index < -0.39 is 0 Å². The predicted octanol–water partition coefficient (Wildman–Crippen LogP) is 1.99. The Morgan fingerprint density at radius 1 is 1.24 bits per heavy atom. The van der Waals surface area contributed by atoms with Gasteiger partial charge in [-0.05, 0) is 30.9 Å². The lowest BCUT2D eigenvalue weighted by Crippen LogP contribution is -2.37. The largest absolute Gasteiger partial charge is 0.490 e. The summed E-state index contributed by atoms with van der Waals surface area (Å²) in [7, 11) is 0. The molecule has 5 heteroatoms. The molecule has 0 saturated heterocycles. The highest BCUT2D eigenvalue weighted by atomic mass is 16.5. The number of para-hydroxylation sites is 2. The van der Waals surface area contributed by atoms with Gasteiger partial charge in [0.15, 0.2) is 18.1 Å². The van der Waals surface area contributed by atoms with E-state index in [1.54, 1.807) is 12.1 Å². The Bertz CT molecular complexity index is 446. The maximum Gasteiger partial charge on any atom is 0.257 e. The zero-order chi connectivity index (χ0) is 15.7. The number of rotatable bonds is 9. The summed E-state index contributed by atoms with van der Waals surface area (Å²) in [5.74, 6) is 1.00. The van der Waals surface area contributed by atoms with Crippen LogP contribution in [-0.2, 0) is 4.79 Å². The van der Waals surface area contributed by atoms with E-state index in [0.717, 1.165) is 0 Å². The van der Waals surface area contributed by atoms with Crippen LogP contribution in [0.2, 0.25) is 0 Å². The third-order valence-electron chi connectivity index (χ3n) is 3.06. The summed E-state index contributed by atoms with van der Waals surface area (Å²) in [5, 5.41) is 11.8. The van der Waals surface area contributed by atoms with E-state index >= 15 is 0 Å². The number of benzene rings is 1. The van der Waals surface area contributed by atoms with Crippen LogP contribution in [-0.4, -0.2) is 37.4 Å². The molecule has 118 valence electrons. The quantitative estimate of drug-likeness (QED) is 0.731. The molecule has 2 N–H and O–H groups in total. The van der Waals surface area contributed by atoms with Crippen molar-refractivity contribution in [3.63, 3.8) is 0 Å². The van der Waals surface area contributed by atoms with Crippen LogP contribution in [0, 0.1) is 5.41 Å². The van der Waals surface area contributed by atoms with Gasteiger partial charge in [0.1, 0.15) is 0 Å². The molecular formula is C16H25NO4. The smallest absolute Gasteiger partial charge is 0.257 e. The summed E-state index contributed by atoms with van der Waals surface area (Å²) in [5.41, 5.74) is -0.131. The summed E-state index contributed by atoms with van der Waals surface area (Å²) >= 11 is 0. The van der Waals surface area contributed by atoms with Crippen LogP contribution in [0.25, 0.3) is 0 Å². The third-order valence-corrected chi connectivity index (χ3v) is 3.06. The summed E-state index contributed by atoms with van der Waals surface area (Å²) < 4.78 is 10.9. The van der Waals surface area contributed by atoms with E-state index in [1.807, 2.05) is 32.9 Å². The first kappa shape index (κ1) is 17.3. The van der Waals surface area contributed by atoms with Gasteiger partial charge in [0.05, 0.1) is 6.61 Å². The van der Waals surface area contributed by atoms with Crippen LogP contribution in [0.1, 0.15) is 27.2 Å². The topological polar surface area (TPSA) is 67.8 Å². The summed E-state index contributed by atoms with van der Waals surface area (Å²) in [6.45, 7) is 6.99. The number of hydrogen-bond acceptors (Lipinski definition) is 4. The average molecular weight is 295 g/mol. The Morgan fingerprint density at radius 3 is 2.43 bits per heavy atom. The third kappa shape index (κ3) is 6.49. The minimum atomic E-state index is -0.188. The van der Waals surface area contributed by atoms with Crippen LogP contribution in [0.5, 0.6) is 11.5 Å². The highest BCUT2D eigenvalue weighted by Crippen LogP contribution is 2.26. The molecule has 0 aromatic heterocycles. The fourth-order valence-corrected chi connectivity index (χ4v) is 1.77. The molecule has 0 fully saturated rings. The van der Waals surface area contributed by atoms with E-state index in [9.17, 15) is 4.79 Å². The molecule has 0 spiro atoms. The monoisotopic (exact) mass is 295 g/mol. The standard InChI is InChI=1S/C16H25NO4/c1-4-20-13-7-5-6-8-14(13)21-11-15(19)17-12-16(2,3)9-10-18/h5-8,18H,4,9-12H2,1-3H3,(H,17,19). The van der Waals surface area contributed by atoms with Crippen molar-refractivity contribution in [2.75, 3.05) is 26.4 Å². The fourth-order valence-electron chi connectivity index (χ4n) is 1.77. The van der Waals surface area contributed by atoms with Crippen molar-refractivity contribution >= 4 is 5.91 Å². The zero-order valence-electron chi connectivity index (χ0n) is 13.0. The SMILES string of the molecule is CCOc1ccccc1OCC(=O)NCC(C)(C)CCO. The molecule has 1 aromatic rings. The maximum absolute atomic E-state index is 11.8. The zero-order valence-corrected chi connectivity index (χ0v) is 13.0. The van der Waals surface area contributed by atoms with Crippen LogP contribution < -0.4 is 14.8 Å². The van der Waals surface area contributed by atoms with E-state index in [1.165, 1.54) is 0 Å². The van der Waals surface area contributed by atoms with Gasteiger partial charge in [-0.2, -0.15) is 0 Å². The lowest BCUT2D eigenvalue weighted by atomic mass is 9.90. The first-order valence-corrected chi connectivity index (χ1v) is 7.20. The van der Waals surface area contributed by atoms with Crippen molar-refractivity contribution in [1.82, 2.24) is 5.32 Å². The summed E-state index contributed by atoms with van der Waals surface area (Å²) in [4.78, 5) is 11.8. The first-order chi connectivity index (χ1) is 9.98. The molecule has 21 heavy (non-hydrogen) atoms. The second kappa shape index (κ2) is 8.52. The van der Waals surface area contributed by atoms with Gasteiger partial charge in [0.25, 0.3) is 5.91 Å². The molecule has 0 aliphatic carbocycles. The van der Waals surface area contributed by atoms with E-state index in [2.05, 4.69) is 5.32 Å². The molecule has 1 amide bonds. The van der Waals surface area contributed by atoms with Crippen molar-refractivity contribution in [2.45, 2.75) is 27.2 Å². The van der Waals surface area contributed by atoms with Crippen LogP contribution >= 0.6 is 0 Å². The average Bonchev–Trinajstić information content (AvgIpc) is 2.44. The van der Waals surface area contributed by atoms with Crippen molar-refractivity contribution < 1.29 is 19.4 Å². The van der Waals surface area contributed by atoms with Crippen molar-refractivity contribution in [3.05, 3.63) is 24.3 Å². The lowest BCUT2D eigenvalue weighted by molar-refractivity contribution is -0.123. The van der Waals surface area contributed by atoms with Crippen molar-refractivity contribution in [1.29, 1.82) is 0 Å². The molecule has 0 bridgehead atoms. The normalized spacial score (nSPS) is 11.0. The van der Waals surface area contributed by atoms with Crippen molar-refractivity contribution in [2.24, 2.45) is 5.41 Å². The molecule has 0 heterocycles. The molecule has 0 aliphatic heterocycles. The number of aliphatic hydroxyl groups excluding tert-OH is 1. The molecule has 0 saturated carbocycles. The number of carbonyl (C=O) groups excluding carboxylic acids is 1. The van der Waals surface area contributed by atoms with E-state index in [4.69, 9.17) is 14.6 Å². The number of nitrogens with one attached hydrogen (secondary N) is 1. The van der Waals surface area contributed by atoms with Crippen LogP contribution in [0.3, 0.4) is 0 Å². The summed E-state index contributed by atoms with van der Waals surface area (Å²) in [6, 6.07) is 7.27. The van der Waals surface area contributed by atoms with Crippen LogP contribution in [0.15, 0.2) is 24.3 Å². The Hall–Kier alpha value is -1.75. The van der Waals surface area contributed by atoms with Crippen molar-refractivity contribution in [3.8, 4) is 11.5 Å². The molecule has 1 aromatic carbocycles. The van der Waals surface area contributed by atoms with Gasteiger partial charge < -0.3 is 19.9 Å². The number of carbonyl (C=O) groups is 1. The maximum atomic E-state index is 11.8. The molecule has 0 aliphatic rings. The van der Waals surface area contributed by atoms with Gasteiger partial charge in [-0.25, -0.2) is 0 Å². The van der Waals surface area contributed by atoms with Gasteiger partial charge in [-0.3, -0.25) is 4.79 Å². The molecule has 0 atom stereocenters. The molecular weight excluding hydrogens is 270 g/mol. The second-order valence-corrected chi connectivity index (χ2v) is 5.58. The fraction of sp³-hybridized carbons (Fsp3) is 0.562. The Balaban J connectivity index is 2.43. The minimum absolute atomic E-state index is 0.0563. The predicted molar refractivity (Wildman–Crippen MR) is 81.6 cm³/mol. The Kier molecular flexibility index (Phi) is 7.02. The van der Waals surface area contributed by atoms with Gasteiger partial charge in [-0.1, -0.05) is 26.0 Å². The number of aliphatic hydroxyl groups is 1. The molecule has 0 unspecified atom stereocenters. The highest BCUT2D eigenvalue weighted by molar-refractivity contribution is 5.77. The molecule has 5 nitrogen and oxygen atoms in total. The van der Waals surface area contributed by atoms with Gasteiger partial charge in [0, 0.05) is 13.2 Å². The highest BCUT2D eigenvalue weighted by Gasteiger charge is 2.18. The van der Waals surface area contributed by atoms with Gasteiger partial charge in [-0.15, -0.1) is 0 Å². The van der Waals surface area contributed by atoms with E-state index in [0.29, 0.717) is 31.1 Å². The first-order valence-electron chi connectivity index (χ1n) is 7.20. The number of ether oxygens (including phenoxy) is 2. The molecule has 1 rings (SSSR count). The van der Waals surface area contributed by atoms with E-state index in [-0.39, 0.29) is 24.5 Å². The second-order valence-electron chi connectivity index (χ2n) is 5.58. The molecule has 0 radical (unpaired) electrons. The Morgan fingerprint density at radius 2 is 1.86 bits per heavy atom. The van der Waals surface area contributed by atoms with Gasteiger partial charge in [0.2, 0.25) is 0 Å². The lowest BCUT2D eigenvalue weighted by Gasteiger charge is -2.23. The Labute approximate surface area is 126 Å². The van der Waals surface area contributed by atoms with Crippen LogP contribution in [0.4, 0.5) is 0 Å². The van der Waals surface area contributed by atoms with Gasteiger partial charge >= 0.3 is 0 Å². The number of hydrogen-bond donors (Lipinski definition) is 2. The summed E-state index contributed by atoms with van der Waals surface area (Å²) in [6.07, 6.45) is 0.640. The number of amides is 1.